The van der Waals surface area contributed by atoms with Crippen LogP contribution < -0.4 is 0 Å². The first-order valence-electron chi connectivity index (χ1n) is 5.71. The van der Waals surface area contributed by atoms with E-state index in [1.807, 2.05) is 6.92 Å². The van der Waals surface area contributed by atoms with E-state index in [4.69, 9.17) is 0 Å². The average molecular weight is 275 g/mol. The summed E-state index contributed by atoms with van der Waals surface area (Å²) in [6.07, 6.45) is 4.09. The zero-order chi connectivity index (χ0) is 14.0. The molecule has 0 N–H and O–H groups in total. The standard InChI is InChI=1S/C14H13NO3S/c1-10-3-6-13(7-4-10)19(17,18)15-14-8-5-12(16)9-11(14)2/h3-9H,1-2H3/b15-14-. The molecule has 0 bridgehead atoms. The van der Waals surface area contributed by atoms with E-state index in [1.54, 1.807) is 19.1 Å². The number of ketones is 1. The average Bonchev–Trinajstić information content (AvgIpc) is 2.33. The van der Waals surface area contributed by atoms with Gasteiger partial charge in [-0.3, -0.25) is 4.79 Å². The van der Waals surface area contributed by atoms with Crippen LogP contribution in [-0.4, -0.2) is 19.9 Å². The minimum absolute atomic E-state index is 0.142. The molecule has 1 aliphatic carbocycles. The second-order valence-electron chi connectivity index (χ2n) is 4.33. The quantitative estimate of drug-likeness (QED) is 0.777. The molecular weight excluding hydrogens is 262 g/mol. The van der Waals surface area contributed by atoms with Gasteiger partial charge in [0.05, 0.1) is 10.6 Å². The van der Waals surface area contributed by atoms with Crippen molar-refractivity contribution in [2.75, 3.05) is 0 Å². The molecule has 0 unspecified atom stereocenters. The number of nitrogens with zero attached hydrogens (tertiary/aromatic N) is 1. The Morgan fingerprint density at radius 3 is 2.21 bits per heavy atom. The fraction of sp³-hybridized carbons (Fsp3) is 0.143. The molecule has 0 heterocycles. The lowest BCUT2D eigenvalue weighted by atomic mass is 10.1. The molecule has 0 aliphatic heterocycles. The van der Waals surface area contributed by atoms with Crippen molar-refractivity contribution in [2.24, 2.45) is 4.40 Å². The lowest BCUT2D eigenvalue weighted by Gasteiger charge is -2.06. The molecule has 0 spiro atoms. The number of rotatable bonds is 2. The fourth-order valence-electron chi connectivity index (χ4n) is 1.62. The minimum atomic E-state index is -3.74. The highest BCUT2D eigenvalue weighted by molar-refractivity contribution is 7.90. The Hall–Kier alpha value is -2.01. The lowest BCUT2D eigenvalue weighted by Crippen LogP contribution is -2.09. The van der Waals surface area contributed by atoms with Gasteiger partial charge in [0.15, 0.2) is 5.78 Å². The van der Waals surface area contributed by atoms with Gasteiger partial charge >= 0.3 is 0 Å². The van der Waals surface area contributed by atoms with E-state index in [0.29, 0.717) is 11.3 Å². The van der Waals surface area contributed by atoms with Gasteiger partial charge in [0.25, 0.3) is 10.0 Å². The van der Waals surface area contributed by atoms with Crippen LogP contribution in [0.15, 0.2) is 57.4 Å². The first-order valence-corrected chi connectivity index (χ1v) is 7.15. The maximum Gasteiger partial charge on any atom is 0.282 e. The highest BCUT2D eigenvalue weighted by Crippen LogP contribution is 2.16. The van der Waals surface area contributed by atoms with Gasteiger partial charge < -0.3 is 0 Å². The van der Waals surface area contributed by atoms with Crippen LogP contribution in [0.25, 0.3) is 0 Å². The third-order valence-electron chi connectivity index (χ3n) is 2.71. The number of carbonyl (C=O) groups excluding carboxylic acids is 1. The molecule has 98 valence electrons. The van der Waals surface area contributed by atoms with Crippen molar-refractivity contribution < 1.29 is 13.2 Å². The van der Waals surface area contributed by atoms with Crippen molar-refractivity contribution in [1.82, 2.24) is 0 Å². The van der Waals surface area contributed by atoms with Crippen LogP contribution in [0.4, 0.5) is 0 Å². The topological polar surface area (TPSA) is 63.6 Å². The predicted octanol–water partition coefficient (Wildman–Crippen LogP) is 2.21. The molecule has 1 aromatic carbocycles. The van der Waals surface area contributed by atoms with Crippen LogP contribution >= 0.6 is 0 Å². The van der Waals surface area contributed by atoms with Crippen LogP contribution in [-0.2, 0) is 14.8 Å². The largest absolute Gasteiger partial charge is 0.290 e. The fourth-order valence-corrected chi connectivity index (χ4v) is 2.67. The number of hydrogen-bond acceptors (Lipinski definition) is 3. The van der Waals surface area contributed by atoms with Crippen molar-refractivity contribution in [3.8, 4) is 0 Å². The van der Waals surface area contributed by atoms with Crippen LogP contribution in [0.5, 0.6) is 0 Å². The molecule has 1 aliphatic rings. The smallest absolute Gasteiger partial charge is 0.282 e. The Bertz CT molecular complexity index is 708. The molecule has 0 saturated carbocycles. The molecule has 0 fully saturated rings. The number of carbonyl (C=O) groups is 1. The molecule has 0 radical (unpaired) electrons. The highest BCUT2D eigenvalue weighted by Gasteiger charge is 2.15. The summed E-state index contributed by atoms with van der Waals surface area (Å²) in [7, 11) is -3.74. The van der Waals surface area contributed by atoms with Crippen LogP contribution in [0.2, 0.25) is 0 Å². The Morgan fingerprint density at radius 1 is 1.00 bits per heavy atom. The third kappa shape index (κ3) is 3.06. The molecule has 0 atom stereocenters. The number of aryl methyl sites for hydroxylation is 1. The van der Waals surface area contributed by atoms with E-state index >= 15 is 0 Å². The van der Waals surface area contributed by atoms with E-state index in [9.17, 15) is 13.2 Å². The van der Waals surface area contributed by atoms with E-state index in [0.717, 1.165) is 5.56 Å². The van der Waals surface area contributed by atoms with Crippen molar-refractivity contribution in [3.63, 3.8) is 0 Å². The monoisotopic (exact) mass is 275 g/mol. The SMILES string of the molecule is CC1=CC(=O)C=C/C1=N/S(=O)(=O)c1ccc(C)cc1. The molecular formula is C14H13NO3S. The van der Waals surface area contributed by atoms with E-state index in [2.05, 4.69) is 4.40 Å². The van der Waals surface area contributed by atoms with Gasteiger partial charge in [0, 0.05) is 0 Å². The summed E-state index contributed by atoms with van der Waals surface area (Å²) in [5, 5.41) is 0. The van der Waals surface area contributed by atoms with Gasteiger partial charge in [-0.05, 0) is 49.8 Å². The maximum atomic E-state index is 12.1. The molecule has 0 amide bonds. The summed E-state index contributed by atoms with van der Waals surface area (Å²) in [6, 6.07) is 6.48. The highest BCUT2D eigenvalue weighted by atomic mass is 32.2. The van der Waals surface area contributed by atoms with E-state index in [-0.39, 0.29) is 10.7 Å². The van der Waals surface area contributed by atoms with Gasteiger partial charge in [-0.2, -0.15) is 12.8 Å². The number of hydrogen-bond donors (Lipinski definition) is 0. The second kappa shape index (κ2) is 4.93. The van der Waals surface area contributed by atoms with E-state index < -0.39 is 10.0 Å². The van der Waals surface area contributed by atoms with Gasteiger partial charge in [-0.15, -0.1) is 0 Å². The van der Waals surface area contributed by atoms with Crippen LogP contribution in [0, 0.1) is 6.92 Å². The van der Waals surface area contributed by atoms with Crippen molar-refractivity contribution >= 4 is 21.5 Å². The molecule has 5 heteroatoms. The minimum Gasteiger partial charge on any atom is -0.290 e. The van der Waals surface area contributed by atoms with Gasteiger partial charge in [-0.1, -0.05) is 17.7 Å². The van der Waals surface area contributed by atoms with Gasteiger partial charge in [0.1, 0.15) is 0 Å². The number of benzene rings is 1. The summed E-state index contributed by atoms with van der Waals surface area (Å²) in [5.41, 5.74) is 1.81. The number of allylic oxidation sites excluding steroid dienone is 4. The molecule has 2 rings (SSSR count). The van der Waals surface area contributed by atoms with Crippen molar-refractivity contribution in [1.29, 1.82) is 0 Å². The van der Waals surface area contributed by atoms with Gasteiger partial charge in [-0.25, -0.2) is 0 Å². The molecule has 4 nitrogen and oxygen atoms in total. The first-order chi connectivity index (χ1) is 8.88. The lowest BCUT2D eigenvalue weighted by molar-refractivity contribution is -0.110. The predicted molar refractivity (Wildman–Crippen MR) is 73.7 cm³/mol. The molecule has 0 aromatic heterocycles. The Morgan fingerprint density at radius 2 is 1.63 bits per heavy atom. The van der Waals surface area contributed by atoms with E-state index in [1.165, 1.54) is 30.4 Å². The van der Waals surface area contributed by atoms with Crippen molar-refractivity contribution in [3.05, 3.63) is 53.6 Å². The first kappa shape index (κ1) is 13.4. The van der Waals surface area contributed by atoms with Crippen LogP contribution in [0.1, 0.15) is 12.5 Å². The van der Waals surface area contributed by atoms with Gasteiger partial charge in [0.2, 0.25) is 0 Å². The normalized spacial score (nSPS) is 17.7. The van der Waals surface area contributed by atoms with Crippen molar-refractivity contribution in [2.45, 2.75) is 18.7 Å². The summed E-state index contributed by atoms with van der Waals surface area (Å²) in [6.45, 7) is 3.54. The third-order valence-corrected chi connectivity index (χ3v) is 4.01. The molecule has 1 aromatic rings. The Labute approximate surface area is 112 Å². The number of sulfonamides is 1. The summed E-state index contributed by atoms with van der Waals surface area (Å²) < 4.78 is 28.0. The zero-order valence-corrected chi connectivity index (χ0v) is 11.4. The summed E-state index contributed by atoms with van der Waals surface area (Å²) >= 11 is 0. The Balaban J connectivity index is 2.42. The second-order valence-corrected chi connectivity index (χ2v) is 5.93. The molecule has 19 heavy (non-hydrogen) atoms. The summed E-state index contributed by atoms with van der Waals surface area (Å²) in [5.74, 6) is -0.163. The molecule has 0 saturated heterocycles. The maximum absolute atomic E-state index is 12.1. The summed E-state index contributed by atoms with van der Waals surface area (Å²) in [4.78, 5) is 11.3. The zero-order valence-electron chi connectivity index (χ0n) is 10.6. The van der Waals surface area contributed by atoms with Crippen LogP contribution in [0.3, 0.4) is 0 Å². The Kier molecular flexibility index (Phi) is 3.48.